The zero-order valence-electron chi connectivity index (χ0n) is 20.6. The Morgan fingerprint density at radius 1 is 1.03 bits per heavy atom. The Balaban J connectivity index is 1.55. The van der Waals surface area contributed by atoms with E-state index in [1.165, 1.54) is 24.1 Å². The second kappa shape index (κ2) is 11.4. The third kappa shape index (κ3) is 6.25. The highest BCUT2D eigenvalue weighted by Crippen LogP contribution is 2.24. The first-order chi connectivity index (χ1) is 17.8. The first-order valence-corrected chi connectivity index (χ1v) is 13.2. The zero-order chi connectivity index (χ0) is 26.4. The number of hydrogen-bond donors (Lipinski definition) is 2. The fraction of sp³-hybridized carbons (Fsp3) is 0.269. The summed E-state index contributed by atoms with van der Waals surface area (Å²) in [6.45, 7) is 2.04. The van der Waals surface area contributed by atoms with Crippen molar-refractivity contribution in [1.82, 2.24) is 19.5 Å². The maximum Gasteiger partial charge on any atom is 0.321 e. The zero-order valence-corrected chi connectivity index (χ0v) is 21.4. The molecule has 11 heteroatoms. The third-order valence-electron chi connectivity index (χ3n) is 6.06. The van der Waals surface area contributed by atoms with E-state index in [0.29, 0.717) is 17.1 Å². The molecule has 1 atom stereocenters. The first-order valence-electron chi connectivity index (χ1n) is 11.7. The van der Waals surface area contributed by atoms with E-state index in [1.807, 2.05) is 19.1 Å². The third-order valence-corrected chi connectivity index (χ3v) is 7.98. The number of methoxy groups -OCH3 is 1. The summed E-state index contributed by atoms with van der Waals surface area (Å²) in [4.78, 5) is 32.0. The van der Waals surface area contributed by atoms with Crippen LogP contribution in [0.15, 0.2) is 77.8 Å². The number of anilines is 1. The number of benzene rings is 2. The van der Waals surface area contributed by atoms with Gasteiger partial charge in [-0.2, -0.15) is 4.31 Å². The largest absolute Gasteiger partial charge is 0.497 e. The van der Waals surface area contributed by atoms with Gasteiger partial charge in [0.15, 0.2) is 0 Å². The molecule has 0 aliphatic carbocycles. The van der Waals surface area contributed by atoms with Crippen molar-refractivity contribution < 1.29 is 22.7 Å². The lowest BCUT2D eigenvalue weighted by Crippen LogP contribution is -2.61. The molecule has 1 aliphatic heterocycles. The van der Waals surface area contributed by atoms with Crippen molar-refractivity contribution in [2.75, 3.05) is 32.1 Å². The van der Waals surface area contributed by atoms with Gasteiger partial charge in [-0.3, -0.25) is 9.78 Å². The maximum absolute atomic E-state index is 13.5. The SMILES string of the molecule is COc1ccc(S(=O)(=O)N2CCN(C(=O)Nc3ccc(C)cc3)CC2C(=O)NCc2ccccn2)cc1. The Morgan fingerprint density at radius 2 is 1.76 bits per heavy atom. The number of aryl methyl sites for hydroxylation is 1. The van der Waals surface area contributed by atoms with E-state index in [9.17, 15) is 18.0 Å². The molecule has 0 bridgehead atoms. The van der Waals surface area contributed by atoms with Crippen LogP contribution in [0.2, 0.25) is 0 Å². The van der Waals surface area contributed by atoms with E-state index >= 15 is 0 Å². The summed E-state index contributed by atoms with van der Waals surface area (Å²) in [5.74, 6) is -0.00299. The topological polar surface area (TPSA) is 121 Å². The molecule has 0 radical (unpaired) electrons. The summed E-state index contributed by atoms with van der Waals surface area (Å²) < 4.78 is 33.4. The van der Waals surface area contributed by atoms with Crippen molar-refractivity contribution >= 4 is 27.6 Å². The van der Waals surface area contributed by atoms with Crippen molar-refractivity contribution in [3.8, 4) is 5.75 Å². The summed E-state index contributed by atoms with van der Waals surface area (Å²) in [6, 6.07) is 17.1. The molecule has 0 saturated carbocycles. The molecular weight excluding hydrogens is 494 g/mol. The van der Waals surface area contributed by atoms with Crippen LogP contribution in [-0.2, 0) is 21.4 Å². The molecule has 2 N–H and O–H groups in total. The minimum absolute atomic E-state index is 0.0355. The number of ether oxygens (including phenoxy) is 1. The Morgan fingerprint density at radius 3 is 2.41 bits per heavy atom. The lowest BCUT2D eigenvalue weighted by atomic mass is 10.2. The highest BCUT2D eigenvalue weighted by molar-refractivity contribution is 7.89. The number of hydrogen-bond acceptors (Lipinski definition) is 6. The summed E-state index contributed by atoms with van der Waals surface area (Å²) in [7, 11) is -2.54. The van der Waals surface area contributed by atoms with Crippen LogP contribution in [0.4, 0.5) is 10.5 Å². The molecule has 3 amide bonds. The number of nitrogens with one attached hydrogen (secondary N) is 2. The summed E-state index contributed by atoms with van der Waals surface area (Å²) >= 11 is 0. The molecule has 1 aliphatic rings. The van der Waals surface area contributed by atoms with E-state index in [0.717, 1.165) is 9.87 Å². The van der Waals surface area contributed by atoms with Crippen LogP contribution >= 0.6 is 0 Å². The van der Waals surface area contributed by atoms with E-state index in [-0.39, 0.29) is 31.1 Å². The fourth-order valence-corrected chi connectivity index (χ4v) is 5.54. The molecule has 0 spiro atoms. The molecule has 194 valence electrons. The van der Waals surface area contributed by atoms with Crippen LogP contribution < -0.4 is 15.4 Å². The number of piperazine rings is 1. The highest BCUT2D eigenvalue weighted by Gasteiger charge is 2.41. The first kappa shape index (κ1) is 26.1. The number of urea groups is 1. The molecule has 10 nitrogen and oxygen atoms in total. The van der Waals surface area contributed by atoms with Gasteiger partial charge >= 0.3 is 6.03 Å². The monoisotopic (exact) mass is 523 g/mol. The standard InChI is InChI=1S/C26H29N5O5S/c1-19-6-8-20(9-7-19)29-26(33)30-15-16-31(37(34,35)23-12-10-22(36-2)11-13-23)24(18-30)25(32)28-17-21-5-3-4-14-27-21/h3-14,24H,15-18H2,1-2H3,(H,28,32)(H,29,33). The van der Waals surface area contributed by atoms with E-state index < -0.39 is 28.0 Å². The van der Waals surface area contributed by atoms with E-state index in [4.69, 9.17) is 4.74 Å². The minimum Gasteiger partial charge on any atom is -0.497 e. The fourth-order valence-electron chi connectivity index (χ4n) is 3.97. The van der Waals surface area contributed by atoms with Gasteiger partial charge in [-0.1, -0.05) is 23.8 Å². The number of sulfonamides is 1. The molecule has 2 heterocycles. The molecule has 3 aromatic rings. The minimum atomic E-state index is -4.03. The Kier molecular flexibility index (Phi) is 8.04. The predicted octanol–water partition coefficient (Wildman–Crippen LogP) is 2.62. The summed E-state index contributed by atoms with van der Waals surface area (Å²) in [5, 5.41) is 5.59. The molecule has 1 fully saturated rings. The van der Waals surface area contributed by atoms with Crippen LogP contribution in [0.1, 0.15) is 11.3 Å². The average Bonchev–Trinajstić information content (AvgIpc) is 2.93. The van der Waals surface area contributed by atoms with Gasteiger partial charge in [-0.15, -0.1) is 0 Å². The van der Waals surface area contributed by atoms with Gasteiger partial charge < -0.3 is 20.3 Å². The van der Waals surface area contributed by atoms with Crippen LogP contribution in [0, 0.1) is 6.92 Å². The number of aromatic nitrogens is 1. The van der Waals surface area contributed by atoms with Gasteiger partial charge in [0.25, 0.3) is 0 Å². The van der Waals surface area contributed by atoms with Crippen molar-refractivity contribution in [1.29, 1.82) is 0 Å². The lowest BCUT2D eigenvalue weighted by Gasteiger charge is -2.39. The molecule has 37 heavy (non-hydrogen) atoms. The van der Waals surface area contributed by atoms with Crippen LogP contribution in [-0.4, -0.2) is 67.3 Å². The molecular formula is C26H29N5O5S. The Hall–Kier alpha value is -3.96. The van der Waals surface area contributed by atoms with E-state index in [2.05, 4.69) is 15.6 Å². The number of amides is 3. The molecule has 2 aromatic carbocycles. The second-order valence-electron chi connectivity index (χ2n) is 8.59. The molecule has 1 saturated heterocycles. The number of nitrogens with zero attached hydrogens (tertiary/aromatic N) is 3. The van der Waals surface area contributed by atoms with Crippen molar-refractivity contribution in [3.05, 3.63) is 84.2 Å². The van der Waals surface area contributed by atoms with Gasteiger partial charge in [0.1, 0.15) is 11.8 Å². The van der Waals surface area contributed by atoms with Crippen LogP contribution in [0.25, 0.3) is 0 Å². The van der Waals surface area contributed by atoms with Crippen LogP contribution in [0.3, 0.4) is 0 Å². The van der Waals surface area contributed by atoms with Crippen molar-refractivity contribution in [2.45, 2.75) is 24.4 Å². The Bertz CT molecular complexity index is 1330. The lowest BCUT2D eigenvalue weighted by molar-refractivity contribution is -0.126. The second-order valence-corrected chi connectivity index (χ2v) is 10.5. The van der Waals surface area contributed by atoms with Gasteiger partial charge in [0.05, 0.1) is 24.2 Å². The molecule has 1 aromatic heterocycles. The average molecular weight is 524 g/mol. The van der Waals surface area contributed by atoms with Crippen molar-refractivity contribution in [2.24, 2.45) is 0 Å². The Labute approximate surface area is 216 Å². The smallest absolute Gasteiger partial charge is 0.321 e. The van der Waals surface area contributed by atoms with Crippen LogP contribution in [0.5, 0.6) is 5.75 Å². The predicted molar refractivity (Wildman–Crippen MR) is 139 cm³/mol. The highest BCUT2D eigenvalue weighted by atomic mass is 32.2. The molecule has 4 rings (SSSR count). The van der Waals surface area contributed by atoms with Gasteiger partial charge in [0, 0.05) is 31.5 Å². The number of rotatable bonds is 7. The number of carbonyl (C=O) groups is 2. The summed E-state index contributed by atoms with van der Waals surface area (Å²) in [6.07, 6.45) is 1.61. The number of carbonyl (C=O) groups excluding carboxylic acids is 2. The molecule has 1 unspecified atom stereocenters. The van der Waals surface area contributed by atoms with Gasteiger partial charge in [-0.25, -0.2) is 13.2 Å². The number of pyridine rings is 1. The summed E-state index contributed by atoms with van der Waals surface area (Å²) in [5.41, 5.74) is 2.30. The quantitative estimate of drug-likeness (QED) is 0.491. The van der Waals surface area contributed by atoms with Gasteiger partial charge in [0.2, 0.25) is 15.9 Å². The van der Waals surface area contributed by atoms with Crippen molar-refractivity contribution in [3.63, 3.8) is 0 Å². The normalized spacial score (nSPS) is 16.2. The van der Waals surface area contributed by atoms with E-state index in [1.54, 1.807) is 48.7 Å². The maximum atomic E-state index is 13.5. The van der Waals surface area contributed by atoms with Gasteiger partial charge in [-0.05, 0) is 55.5 Å².